The molecule has 1 unspecified atom stereocenters. The van der Waals surface area contributed by atoms with E-state index in [0.717, 1.165) is 28.2 Å². The normalized spacial score (nSPS) is 11.9. The van der Waals surface area contributed by atoms with Crippen molar-refractivity contribution in [2.24, 2.45) is 0 Å². The van der Waals surface area contributed by atoms with E-state index in [1.165, 1.54) is 7.11 Å². The Morgan fingerprint density at radius 3 is 2.77 bits per heavy atom. The molecule has 2 heterocycles. The van der Waals surface area contributed by atoms with Gasteiger partial charge in [-0.1, -0.05) is 42.1 Å². The number of esters is 1. The minimum absolute atomic E-state index is 0.286. The van der Waals surface area contributed by atoms with Gasteiger partial charge in [0.15, 0.2) is 0 Å². The van der Waals surface area contributed by atoms with E-state index in [2.05, 4.69) is 20.5 Å². The lowest BCUT2D eigenvalue weighted by Gasteiger charge is -2.12. The Hall–Kier alpha value is -3.59. The molecule has 2 aromatic carbocycles. The maximum atomic E-state index is 12.6. The van der Waals surface area contributed by atoms with Crippen molar-refractivity contribution in [1.82, 2.24) is 15.2 Å². The van der Waals surface area contributed by atoms with E-state index in [4.69, 9.17) is 9.15 Å². The van der Waals surface area contributed by atoms with E-state index in [9.17, 15) is 9.59 Å². The Morgan fingerprint density at radius 1 is 1.16 bits per heavy atom. The number of methoxy groups -OCH3 is 1. The third-order valence-electron chi connectivity index (χ3n) is 4.70. The number of fused-ring (bicyclic) bond motifs is 1. The molecule has 0 saturated heterocycles. The number of para-hydroxylation sites is 2. The van der Waals surface area contributed by atoms with Gasteiger partial charge in [0.25, 0.3) is 5.22 Å². The Balaban J connectivity index is 1.40. The van der Waals surface area contributed by atoms with Gasteiger partial charge in [-0.25, -0.2) is 4.79 Å². The van der Waals surface area contributed by atoms with Crippen molar-refractivity contribution in [1.29, 1.82) is 0 Å². The van der Waals surface area contributed by atoms with Gasteiger partial charge >= 0.3 is 5.97 Å². The molecule has 0 aliphatic rings. The monoisotopic (exact) mass is 436 g/mol. The molecule has 0 spiro atoms. The molecule has 1 atom stereocenters. The number of anilines is 1. The third-order valence-corrected chi connectivity index (χ3v) is 5.64. The number of aromatic nitrogens is 3. The van der Waals surface area contributed by atoms with Crippen LogP contribution in [-0.2, 0) is 16.0 Å². The van der Waals surface area contributed by atoms with Crippen LogP contribution in [0.3, 0.4) is 0 Å². The highest BCUT2D eigenvalue weighted by Crippen LogP contribution is 2.26. The highest BCUT2D eigenvalue weighted by molar-refractivity contribution is 8.00. The maximum Gasteiger partial charge on any atom is 0.339 e. The number of rotatable bonds is 7. The number of amides is 1. The van der Waals surface area contributed by atoms with Gasteiger partial charge in [0, 0.05) is 17.1 Å². The standard InChI is InChI=1S/C22H20N4O4S/c1-13(20(27)24-18-10-6-4-8-16(18)21(28)29-2)31-22-26-25-19(30-22)11-14-12-23-17-9-5-3-7-15(14)17/h3-10,12-13,23H,11H2,1-2H3,(H,24,27). The molecule has 2 aromatic heterocycles. The number of hydrogen-bond donors (Lipinski definition) is 2. The summed E-state index contributed by atoms with van der Waals surface area (Å²) in [5, 5.41) is 11.8. The van der Waals surface area contributed by atoms with E-state index in [-0.39, 0.29) is 11.5 Å². The summed E-state index contributed by atoms with van der Waals surface area (Å²) in [6, 6.07) is 14.7. The highest BCUT2D eigenvalue weighted by atomic mass is 32.2. The number of nitrogens with zero attached hydrogens (tertiary/aromatic N) is 2. The number of benzene rings is 2. The lowest BCUT2D eigenvalue weighted by Crippen LogP contribution is -2.23. The molecule has 4 rings (SSSR count). The molecule has 4 aromatic rings. The SMILES string of the molecule is COC(=O)c1ccccc1NC(=O)C(C)Sc1nnc(Cc2c[nH]c3ccccc23)o1. The van der Waals surface area contributed by atoms with Crippen molar-refractivity contribution >= 4 is 40.2 Å². The number of thioether (sulfide) groups is 1. The smallest absolute Gasteiger partial charge is 0.339 e. The molecule has 1 amide bonds. The van der Waals surface area contributed by atoms with Crippen LogP contribution in [0.5, 0.6) is 0 Å². The third kappa shape index (κ3) is 4.61. The largest absolute Gasteiger partial charge is 0.465 e. The topological polar surface area (TPSA) is 110 Å². The van der Waals surface area contributed by atoms with Crippen LogP contribution < -0.4 is 5.32 Å². The van der Waals surface area contributed by atoms with Gasteiger partial charge in [-0.3, -0.25) is 4.79 Å². The van der Waals surface area contributed by atoms with Crippen molar-refractivity contribution in [3.8, 4) is 0 Å². The molecule has 0 aliphatic heterocycles. The zero-order valence-corrected chi connectivity index (χ0v) is 17.7. The van der Waals surface area contributed by atoms with Gasteiger partial charge in [0.05, 0.1) is 30.0 Å². The Kier molecular flexibility index (Phi) is 6.03. The summed E-state index contributed by atoms with van der Waals surface area (Å²) in [7, 11) is 1.29. The van der Waals surface area contributed by atoms with E-state index < -0.39 is 11.2 Å². The summed E-state index contributed by atoms with van der Waals surface area (Å²) in [6.45, 7) is 1.73. The van der Waals surface area contributed by atoms with E-state index >= 15 is 0 Å². The molecule has 0 fully saturated rings. The average Bonchev–Trinajstić information content (AvgIpc) is 3.40. The van der Waals surface area contributed by atoms with Crippen molar-refractivity contribution in [2.45, 2.75) is 23.8 Å². The van der Waals surface area contributed by atoms with Gasteiger partial charge < -0.3 is 19.5 Å². The summed E-state index contributed by atoms with van der Waals surface area (Å²) in [5.41, 5.74) is 2.77. The maximum absolute atomic E-state index is 12.6. The van der Waals surface area contributed by atoms with Crippen LogP contribution >= 0.6 is 11.8 Å². The number of nitrogens with one attached hydrogen (secondary N) is 2. The Labute approximate surface area is 182 Å². The van der Waals surface area contributed by atoms with Crippen LogP contribution in [-0.4, -0.2) is 39.4 Å². The van der Waals surface area contributed by atoms with Crippen molar-refractivity contribution in [2.75, 3.05) is 12.4 Å². The zero-order chi connectivity index (χ0) is 21.8. The number of aromatic amines is 1. The first-order chi connectivity index (χ1) is 15.0. The second-order valence-corrected chi connectivity index (χ2v) is 8.08. The number of carbonyl (C=O) groups excluding carboxylic acids is 2. The van der Waals surface area contributed by atoms with Gasteiger partial charge in [-0.15, -0.1) is 10.2 Å². The lowest BCUT2D eigenvalue weighted by atomic mass is 10.1. The quantitative estimate of drug-likeness (QED) is 0.332. The number of carbonyl (C=O) groups is 2. The molecule has 158 valence electrons. The van der Waals surface area contributed by atoms with Crippen molar-refractivity contribution in [3.05, 3.63) is 71.7 Å². The predicted octanol–water partition coefficient (Wildman–Crippen LogP) is 4.05. The predicted molar refractivity (Wildman–Crippen MR) is 117 cm³/mol. The summed E-state index contributed by atoms with van der Waals surface area (Å²) in [6.07, 6.45) is 2.42. The van der Waals surface area contributed by atoms with Crippen LogP contribution in [0.1, 0.15) is 28.7 Å². The van der Waals surface area contributed by atoms with Gasteiger partial charge in [0.2, 0.25) is 11.8 Å². The summed E-state index contributed by atoms with van der Waals surface area (Å²) >= 11 is 1.15. The van der Waals surface area contributed by atoms with E-state index in [1.807, 2.05) is 30.5 Å². The average molecular weight is 436 g/mol. The number of ether oxygens (including phenoxy) is 1. The molecule has 2 N–H and O–H groups in total. The first-order valence-electron chi connectivity index (χ1n) is 9.57. The first kappa shape index (κ1) is 20.7. The fraction of sp³-hybridized carbons (Fsp3) is 0.182. The molecule has 0 bridgehead atoms. The highest BCUT2D eigenvalue weighted by Gasteiger charge is 2.21. The minimum atomic E-state index is -0.521. The Morgan fingerprint density at radius 2 is 1.94 bits per heavy atom. The Bertz CT molecular complexity index is 1230. The van der Waals surface area contributed by atoms with E-state index in [0.29, 0.717) is 23.2 Å². The zero-order valence-electron chi connectivity index (χ0n) is 16.9. The molecule has 0 aliphatic carbocycles. The summed E-state index contributed by atoms with van der Waals surface area (Å²) < 4.78 is 10.5. The molecular formula is C22H20N4O4S. The van der Waals surface area contributed by atoms with Gasteiger partial charge in [-0.05, 0) is 30.7 Å². The molecule has 0 radical (unpaired) electrons. The summed E-state index contributed by atoms with van der Waals surface area (Å²) in [5.74, 6) is -0.344. The molecule has 31 heavy (non-hydrogen) atoms. The van der Waals surface area contributed by atoms with Crippen molar-refractivity contribution < 1.29 is 18.7 Å². The summed E-state index contributed by atoms with van der Waals surface area (Å²) in [4.78, 5) is 27.7. The lowest BCUT2D eigenvalue weighted by molar-refractivity contribution is -0.115. The molecular weight excluding hydrogens is 416 g/mol. The first-order valence-corrected chi connectivity index (χ1v) is 10.5. The van der Waals surface area contributed by atoms with Crippen LogP contribution in [0, 0.1) is 0 Å². The van der Waals surface area contributed by atoms with Crippen LogP contribution in [0.2, 0.25) is 0 Å². The van der Waals surface area contributed by atoms with Gasteiger partial charge in [-0.2, -0.15) is 0 Å². The molecule has 9 heteroatoms. The van der Waals surface area contributed by atoms with E-state index in [1.54, 1.807) is 31.2 Å². The van der Waals surface area contributed by atoms with Crippen LogP contribution in [0.15, 0.2) is 64.4 Å². The fourth-order valence-electron chi connectivity index (χ4n) is 3.12. The van der Waals surface area contributed by atoms with Gasteiger partial charge in [0.1, 0.15) is 0 Å². The molecule has 0 saturated carbocycles. The fourth-order valence-corrected chi connectivity index (χ4v) is 3.82. The van der Waals surface area contributed by atoms with Crippen molar-refractivity contribution in [3.63, 3.8) is 0 Å². The minimum Gasteiger partial charge on any atom is -0.465 e. The second kappa shape index (κ2) is 9.05. The second-order valence-electron chi connectivity index (χ2n) is 6.78. The van der Waals surface area contributed by atoms with Crippen LogP contribution in [0.4, 0.5) is 5.69 Å². The number of H-pyrrole nitrogens is 1. The number of hydrogen-bond acceptors (Lipinski definition) is 7. The molecule has 8 nitrogen and oxygen atoms in total. The van der Waals surface area contributed by atoms with Crippen LogP contribution in [0.25, 0.3) is 10.9 Å².